The van der Waals surface area contributed by atoms with Crippen molar-refractivity contribution in [1.82, 2.24) is 0 Å². The summed E-state index contributed by atoms with van der Waals surface area (Å²) in [6.45, 7) is 4.81. The fourth-order valence-electron chi connectivity index (χ4n) is 4.78. The summed E-state index contributed by atoms with van der Waals surface area (Å²) < 4.78 is 0. The molecule has 0 heterocycles. The van der Waals surface area contributed by atoms with Gasteiger partial charge in [-0.25, -0.2) is 0 Å². The molecule has 32 heavy (non-hydrogen) atoms. The van der Waals surface area contributed by atoms with Crippen molar-refractivity contribution in [2.24, 2.45) is 0 Å². The monoisotopic (exact) mass is 438 g/mol. The van der Waals surface area contributed by atoms with E-state index in [1.54, 1.807) is 0 Å². The molecule has 2 aromatic rings. The molecule has 0 bridgehead atoms. The molecule has 0 amide bonds. The lowest BCUT2D eigenvalue weighted by atomic mass is 9.84. The van der Waals surface area contributed by atoms with Crippen molar-refractivity contribution in [3.63, 3.8) is 0 Å². The average Bonchev–Trinajstić information content (AvgIpc) is 2.81. The van der Waals surface area contributed by atoms with E-state index in [2.05, 4.69) is 50.2 Å². The molecular weight excluding hydrogens is 392 g/mol. The van der Waals surface area contributed by atoms with Gasteiger partial charge in [0.15, 0.2) is 0 Å². The molecule has 0 radical (unpaired) electrons. The minimum atomic E-state index is 0.311. The number of phenols is 1. The van der Waals surface area contributed by atoms with Crippen molar-refractivity contribution in [1.29, 1.82) is 0 Å². The van der Waals surface area contributed by atoms with Gasteiger partial charge in [0.1, 0.15) is 5.75 Å². The largest absolute Gasteiger partial charge is 0.508 e. The van der Waals surface area contributed by atoms with Crippen LogP contribution in [0.3, 0.4) is 0 Å². The van der Waals surface area contributed by atoms with Gasteiger partial charge in [-0.15, -0.1) is 0 Å². The molecule has 178 valence electrons. The molecule has 0 saturated carbocycles. The minimum absolute atomic E-state index is 0.311. The number of benzene rings is 2. The number of aliphatic hydroxyl groups is 1. The molecule has 0 aliphatic carbocycles. The topological polar surface area (TPSA) is 40.5 Å². The normalized spacial score (nSPS) is 11.2. The third kappa shape index (κ3) is 8.62. The molecule has 2 rings (SSSR count). The quantitative estimate of drug-likeness (QED) is 0.243. The van der Waals surface area contributed by atoms with E-state index in [-0.39, 0.29) is 0 Å². The molecule has 0 atom stereocenters. The Morgan fingerprint density at radius 1 is 0.625 bits per heavy atom. The van der Waals surface area contributed by atoms with Crippen molar-refractivity contribution in [2.75, 3.05) is 6.61 Å². The first-order chi connectivity index (χ1) is 15.7. The maximum Gasteiger partial charge on any atom is 0.119 e. The van der Waals surface area contributed by atoms with Crippen molar-refractivity contribution in [2.45, 2.75) is 110 Å². The first-order valence-electron chi connectivity index (χ1n) is 13.3. The lowest BCUT2D eigenvalue weighted by molar-refractivity contribution is 0.282. The van der Waals surface area contributed by atoms with Crippen LogP contribution < -0.4 is 0 Å². The Bertz CT molecular complexity index is 751. The van der Waals surface area contributed by atoms with Crippen LogP contribution in [-0.4, -0.2) is 16.8 Å². The number of aromatic hydroxyl groups is 1. The van der Waals surface area contributed by atoms with E-state index >= 15 is 0 Å². The molecule has 0 spiro atoms. The standard InChI is InChI=1S/C30H46O2/c1-3-5-12-21-27-28(22-13-6-4-2)30(25-18-15-11-16-19-25)26(24-29(27)32)20-14-9-7-8-10-17-23-31/h11,15-16,18-19,24,31-32H,3-10,12-14,17,20-23H2,1-2H3. The number of unbranched alkanes of at least 4 members (excludes halogenated alkanes) is 9. The second-order valence-corrected chi connectivity index (χ2v) is 9.26. The number of rotatable bonds is 17. The number of hydrogen-bond acceptors (Lipinski definition) is 2. The highest BCUT2D eigenvalue weighted by Gasteiger charge is 2.18. The fraction of sp³-hybridized carbons (Fsp3) is 0.600. The lowest BCUT2D eigenvalue weighted by Gasteiger charge is -2.21. The summed E-state index contributed by atoms with van der Waals surface area (Å²) in [5.74, 6) is 0.519. The van der Waals surface area contributed by atoms with Gasteiger partial charge in [-0.2, -0.15) is 0 Å². The van der Waals surface area contributed by atoms with Gasteiger partial charge in [-0.1, -0.05) is 95.5 Å². The summed E-state index contributed by atoms with van der Waals surface area (Å²) in [4.78, 5) is 0. The fourth-order valence-corrected chi connectivity index (χ4v) is 4.78. The Labute approximate surface area is 197 Å². The van der Waals surface area contributed by atoms with Gasteiger partial charge < -0.3 is 10.2 Å². The van der Waals surface area contributed by atoms with Crippen molar-refractivity contribution < 1.29 is 10.2 Å². The summed E-state index contributed by atoms with van der Waals surface area (Å²) in [6.07, 6.45) is 17.1. The molecule has 0 saturated heterocycles. The maximum atomic E-state index is 11.1. The molecule has 2 nitrogen and oxygen atoms in total. The minimum Gasteiger partial charge on any atom is -0.508 e. The van der Waals surface area contributed by atoms with Crippen LogP contribution in [0.4, 0.5) is 0 Å². The molecule has 0 unspecified atom stereocenters. The zero-order valence-electron chi connectivity index (χ0n) is 20.7. The lowest BCUT2D eigenvalue weighted by Crippen LogP contribution is -2.04. The van der Waals surface area contributed by atoms with Gasteiger partial charge in [0, 0.05) is 6.61 Å². The van der Waals surface area contributed by atoms with E-state index < -0.39 is 0 Å². The number of aryl methyl sites for hydroxylation is 1. The molecule has 0 aromatic heterocycles. The SMILES string of the molecule is CCCCCc1c(O)cc(CCCCCCCCO)c(-c2ccccc2)c1CCCCC. The van der Waals surface area contributed by atoms with E-state index in [0.717, 1.165) is 44.9 Å². The summed E-state index contributed by atoms with van der Waals surface area (Å²) in [7, 11) is 0. The molecule has 0 fully saturated rings. The second kappa shape index (κ2) is 15.9. The van der Waals surface area contributed by atoms with Gasteiger partial charge >= 0.3 is 0 Å². The molecule has 2 heteroatoms. The molecule has 2 N–H and O–H groups in total. The van der Waals surface area contributed by atoms with Crippen LogP contribution in [0.5, 0.6) is 5.75 Å². The summed E-state index contributed by atoms with van der Waals surface area (Å²) in [5.41, 5.74) is 6.61. The van der Waals surface area contributed by atoms with Gasteiger partial charge in [0.25, 0.3) is 0 Å². The second-order valence-electron chi connectivity index (χ2n) is 9.26. The molecular formula is C30H46O2. The van der Waals surface area contributed by atoms with E-state index in [4.69, 9.17) is 5.11 Å². The van der Waals surface area contributed by atoms with Gasteiger partial charge in [-0.3, -0.25) is 0 Å². The Morgan fingerprint density at radius 3 is 1.81 bits per heavy atom. The third-order valence-electron chi connectivity index (χ3n) is 6.58. The summed E-state index contributed by atoms with van der Waals surface area (Å²) in [6, 6.07) is 12.9. The van der Waals surface area contributed by atoms with Gasteiger partial charge in [0.2, 0.25) is 0 Å². The molecule has 2 aromatic carbocycles. The van der Waals surface area contributed by atoms with Gasteiger partial charge in [0.05, 0.1) is 0 Å². The van der Waals surface area contributed by atoms with Crippen LogP contribution in [0, 0.1) is 0 Å². The van der Waals surface area contributed by atoms with E-state index in [1.165, 1.54) is 79.2 Å². The highest BCUT2D eigenvalue weighted by atomic mass is 16.3. The van der Waals surface area contributed by atoms with E-state index in [0.29, 0.717) is 12.4 Å². The first-order valence-corrected chi connectivity index (χ1v) is 13.3. The van der Waals surface area contributed by atoms with Crippen LogP contribution in [0.25, 0.3) is 11.1 Å². The molecule has 0 aliphatic heterocycles. The number of hydrogen-bond donors (Lipinski definition) is 2. The van der Waals surface area contributed by atoms with Crippen molar-refractivity contribution >= 4 is 0 Å². The summed E-state index contributed by atoms with van der Waals surface area (Å²) >= 11 is 0. The van der Waals surface area contributed by atoms with Crippen LogP contribution in [-0.2, 0) is 19.3 Å². The Kier molecular flexibility index (Phi) is 13.2. The molecule has 0 aliphatic rings. The Hall–Kier alpha value is -1.80. The predicted molar refractivity (Wildman–Crippen MR) is 138 cm³/mol. The van der Waals surface area contributed by atoms with Gasteiger partial charge in [-0.05, 0) is 78.8 Å². The predicted octanol–water partition coefficient (Wildman–Crippen LogP) is 8.40. The Balaban J connectivity index is 2.31. The number of phenolic OH excluding ortho intramolecular Hbond substituents is 1. The average molecular weight is 439 g/mol. The van der Waals surface area contributed by atoms with E-state index in [9.17, 15) is 5.11 Å². The van der Waals surface area contributed by atoms with Crippen molar-refractivity contribution in [3.8, 4) is 16.9 Å². The van der Waals surface area contributed by atoms with Crippen LogP contribution in [0.1, 0.15) is 108 Å². The van der Waals surface area contributed by atoms with Crippen LogP contribution in [0.15, 0.2) is 36.4 Å². The third-order valence-corrected chi connectivity index (χ3v) is 6.58. The van der Waals surface area contributed by atoms with E-state index in [1.807, 2.05) is 0 Å². The number of aliphatic hydroxyl groups excluding tert-OH is 1. The highest BCUT2D eigenvalue weighted by molar-refractivity contribution is 5.74. The highest BCUT2D eigenvalue weighted by Crippen LogP contribution is 2.38. The smallest absolute Gasteiger partial charge is 0.119 e. The first kappa shape index (κ1) is 26.5. The zero-order valence-corrected chi connectivity index (χ0v) is 20.7. The zero-order chi connectivity index (χ0) is 23.0. The Morgan fingerprint density at radius 2 is 1.19 bits per heavy atom. The maximum absolute atomic E-state index is 11.1. The van der Waals surface area contributed by atoms with Crippen LogP contribution in [0.2, 0.25) is 0 Å². The van der Waals surface area contributed by atoms with Crippen molar-refractivity contribution in [3.05, 3.63) is 53.1 Å². The summed E-state index contributed by atoms with van der Waals surface area (Å²) in [5, 5.41) is 20.0. The van der Waals surface area contributed by atoms with Crippen LogP contribution >= 0.6 is 0 Å².